The molecule has 18 heavy (non-hydrogen) atoms. The molecule has 2 heterocycles. The van der Waals surface area contributed by atoms with Crippen LogP contribution in [-0.2, 0) is 11.3 Å². The quantitative estimate of drug-likeness (QED) is 0.822. The smallest absolute Gasteiger partial charge is 0.244 e. The number of likely N-dealkylation sites (tertiary alicyclic amines) is 1. The van der Waals surface area contributed by atoms with Crippen LogP contribution < -0.4 is 5.73 Å². The van der Waals surface area contributed by atoms with Crippen LogP contribution in [0.4, 0.5) is 5.69 Å². The van der Waals surface area contributed by atoms with E-state index in [0.29, 0.717) is 11.7 Å². The molecule has 1 aromatic heterocycles. The minimum atomic E-state index is 0.115. The molecule has 1 fully saturated rings. The number of likely N-dealkylation sites (N-methyl/N-ethyl adjacent to an activating group) is 1. The summed E-state index contributed by atoms with van der Waals surface area (Å²) in [6, 6.07) is 0.463. The molecule has 1 aromatic rings. The SMILES string of the molecule is CN(C)C1CCCN(C(=O)Cn2cc(N)cn2)C1. The van der Waals surface area contributed by atoms with Gasteiger partial charge in [0.1, 0.15) is 6.54 Å². The van der Waals surface area contributed by atoms with Crippen LogP contribution in [0, 0.1) is 0 Å². The Bertz CT molecular complexity index is 414. The van der Waals surface area contributed by atoms with Gasteiger partial charge in [-0.3, -0.25) is 9.48 Å². The van der Waals surface area contributed by atoms with Gasteiger partial charge in [-0.2, -0.15) is 5.10 Å². The summed E-state index contributed by atoms with van der Waals surface area (Å²) >= 11 is 0. The zero-order chi connectivity index (χ0) is 13.1. The number of hydrogen-bond donors (Lipinski definition) is 1. The lowest BCUT2D eigenvalue weighted by Crippen LogP contribution is -2.48. The molecule has 1 amide bonds. The van der Waals surface area contributed by atoms with E-state index in [1.54, 1.807) is 17.1 Å². The Hall–Kier alpha value is -1.56. The molecule has 6 nitrogen and oxygen atoms in total. The lowest BCUT2D eigenvalue weighted by Gasteiger charge is -2.36. The van der Waals surface area contributed by atoms with Gasteiger partial charge in [0.05, 0.1) is 11.9 Å². The van der Waals surface area contributed by atoms with Gasteiger partial charge in [-0.1, -0.05) is 0 Å². The molecule has 0 radical (unpaired) electrons. The van der Waals surface area contributed by atoms with Crippen molar-refractivity contribution < 1.29 is 4.79 Å². The second-order valence-corrected chi connectivity index (χ2v) is 5.07. The Labute approximate surface area is 107 Å². The first-order valence-electron chi connectivity index (χ1n) is 6.28. The third kappa shape index (κ3) is 3.01. The molecule has 2 rings (SSSR count). The predicted molar refractivity (Wildman–Crippen MR) is 69.9 cm³/mol. The molecule has 0 aliphatic carbocycles. The summed E-state index contributed by atoms with van der Waals surface area (Å²) < 4.78 is 1.59. The Morgan fingerprint density at radius 2 is 2.39 bits per heavy atom. The second kappa shape index (κ2) is 5.39. The number of nitrogens with zero attached hydrogens (tertiary/aromatic N) is 4. The lowest BCUT2D eigenvalue weighted by atomic mass is 10.0. The van der Waals surface area contributed by atoms with Gasteiger partial charge in [0.2, 0.25) is 5.91 Å². The fourth-order valence-corrected chi connectivity index (χ4v) is 2.31. The number of anilines is 1. The van der Waals surface area contributed by atoms with Gasteiger partial charge >= 0.3 is 0 Å². The average molecular weight is 251 g/mol. The monoisotopic (exact) mass is 251 g/mol. The van der Waals surface area contributed by atoms with E-state index in [0.717, 1.165) is 25.9 Å². The second-order valence-electron chi connectivity index (χ2n) is 5.07. The molecule has 1 unspecified atom stereocenters. The van der Waals surface area contributed by atoms with E-state index >= 15 is 0 Å². The van der Waals surface area contributed by atoms with Crippen LogP contribution >= 0.6 is 0 Å². The summed E-state index contributed by atoms with van der Waals surface area (Å²) in [7, 11) is 4.12. The number of aromatic nitrogens is 2. The van der Waals surface area contributed by atoms with Crippen molar-refractivity contribution >= 4 is 11.6 Å². The molecule has 0 saturated carbocycles. The van der Waals surface area contributed by atoms with Gasteiger partial charge in [-0.25, -0.2) is 0 Å². The average Bonchev–Trinajstić information content (AvgIpc) is 2.75. The third-order valence-electron chi connectivity index (χ3n) is 3.43. The van der Waals surface area contributed by atoms with E-state index in [2.05, 4.69) is 24.1 Å². The van der Waals surface area contributed by atoms with Crippen molar-refractivity contribution in [1.82, 2.24) is 19.6 Å². The summed E-state index contributed by atoms with van der Waals surface area (Å²) in [5.41, 5.74) is 6.17. The van der Waals surface area contributed by atoms with Crippen molar-refractivity contribution in [3.8, 4) is 0 Å². The topological polar surface area (TPSA) is 67.4 Å². The van der Waals surface area contributed by atoms with E-state index in [4.69, 9.17) is 5.73 Å². The maximum Gasteiger partial charge on any atom is 0.244 e. The standard InChI is InChI=1S/C12H21N5O/c1-15(2)11-4-3-5-16(8-11)12(18)9-17-7-10(13)6-14-17/h6-7,11H,3-5,8-9,13H2,1-2H3. The molecule has 100 valence electrons. The summed E-state index contributed by atoms with van der Waals surface area (Å²) in [5.74, 6) is 0.115. The van der Waals surface area contributed by atoms with Crippen LogP contribution in [0.2, 0.25) is 0 Å². The minimum Gasteiger partial charge on any atom is -0.396 e. The van der Waals surface area contributed by atoms with E-state index in [1.807, 2.05) is 4.90 Å². The van der Waals surface area contributed by atoms with Crippen LogP contribution in [0.15, 0.2) is 12.4 Å². The van der Waals surface area contributed by atoms with Gasteiger partial charge in [0.25, 0.3) is 0 Å². The number of rotatable bonds is 3. The number of nitrogens with two attached hydrogens (primary N) is 1. The predicted octanol–water partition coefficient (Wildman–Crippen LogP) is 0.0179. The molecule has 1 aliphatic heterocycles. The van der Waals surface area contributed by atoms with Crippen LogP contribution in [0.5, 0.6) is 0 Å². The number of piperidine rings is 1. The molecule has 0 aromatic carbocycles. The van der Waals surface area contributed by atoms with E-state index in [1.165, 1.54) is 0 Å². The Morgan fingerprint density at radius 3 is 3.00 bits per heavy atom. The van der Waals surface area contributed by atoms with Crippen LogP contribution in [0.3, 0.4) is 0 Å². The molecular formula is C12H21N5O. The van der Waals surface area contributed by atoms with Crippen molar-refractivity contribution in [2.45, 2.75) is 25.4 Å². The highest BCUT2D eigenvalue weighted by Crippen LogP contribution is 2.14. The number of nitrogen functional groups attached to an aromatic ring is 1. The van der Waals surface area contributed by atoms with Gasteiger partial charge in [0, 0.05) is 25.3 Å². The van der Waals surface area contributed by atoms with Gasteiger partial charge in [-0.15, -0.1) is 0 Å². The van der Waals surface area contributed by atoms with Gasteiger partial charge < -0.3 is 15.5 Å². The Morgan fingerprint density at radius 1 is 1.61 bits per heavy atom. The summed E-state index contributed by atoms with van der Waals surface area (Å²) in [4.78, 5) is 16.3. The summed E-state index contributed by atoms with van der Waals surface area (Å²) in [6.45, 7) is 1.93. The minimum absolute atomic E-state index is 0.115. The van der Waals surface area contributed by atoms with Crippen molar-refractivity contribution in [2.75, 3.05) is 32.9 Å². The fourth-order valence-electron chi connectivity index (χ4n) is 2.31. The molecule has 2 N–H and O–H groups in total. The molecule has 1 aliphatic rings. The van der Waals surface area contributed by atoms with Crippen molar-refractivity contribution in [3.63, 3.8) is 0 Å². The highest BCUT2D eigenvalue weighted by atomic mass is 16.2. The lowest BCUT2D eigenvalue weighted by molar-refractivity contribution is -0.134. The zero-order valence-electron chi connectivity index (χ0n) is 11.0. The maximum absolute atomic E-state index is 12.2. The summed E-state index contributed by atoms with van der Waals surface area (Å²) in [6.07, 6.45) is 5.47. The number of carbonyl (C=O) groups is 1. The largest absolute Gasteiger partial charge is 0.396 e. The van der Waals surface area contributed by atoms with Crippen LogP contribution in [0.1, 0.15) is 12.8 Å². The molecule has 1 atom stereocenters. The van der Waals surface area contributed by atoms with Crippen LogP contribution in [0.25, 0.3) is 0 Å². The Kier molecular flexibility index (Phi) is 3.86. The first-order valence-corrected chi connectivity index (χ1v) is 6.28. The summed E-state index contributed by atoms with van der Waals surface area (Å²) in [5, 5.41) is 4.04. The zero-order valence-corrected chi connectivity index (χ0v) is 11.0. The van der Waals surface area contributed by atoms with Gasteiger partial charge in [0.15, 0.2) is 0 Å². The highest BCUT2D eigenvalue weighted by Gasteiger charge is 2.24. The Balaban J connectivity index is 1.92. The number of carbonyl (C=O) groups excluding carboxylic acids is 1. The molecule has 6 heteroatoms. The molecule has 1 saturated heterocycles. The number of amides is 1. The first kappa shape index (κ1) is 12.9. The third-order valence-corrected chi connectivity index (χ3v) is 3.43. The van der Waals surface area contributed by atoms with Crippen molar-refractivity contribution in [2.24, 2.45) is 0 Å². The number of hydrogen-bond acceptors (Lipinski definition) is 4. The van der Waals surface area contributed by atoms with Crippen molar-refractivity contribution in [3.05, 3.63) is 12.4 Å². The molecule has 0 spiro atoms. The highest BCUT2D eigenvalue weighted by molar-refractivity contribution is 5.76. The van der Waals surface area contributed by atoms with Crippen molar-refractivity contribution in [1.29, 1.82) is 0 Å². The maximum atomic E-state index is 12.2. The van der Waals surface area contributed by atoms with E-state index in [-0.39, 0.29) is 12.5 Å². The normalized spacial score (nSPS) is 20.4. The van der Waals surface area contributed by atoms with E-state index in [9.17, 15) is 4.79 Å². The van der Waals surface area contributed by atoms with E-state index < -0.39 is 0 Å². The molecule has 0 bridgehead atoms. The fraction of sp³-hybridized carbons (Fsp3) is 0.667. The first-order chi connectivity index (χ1) is 8.56. The van der Waals surface area contributed by atoms with Gasteiger partial charge in [-0.05, 0) is 26.9 Å². The van der Waals surface area contributed by atoms with Crippen LogP contribution in [-0.4, -0.2) is 58.7 Å². The molecular weight excluding hydrogens is 230 g/mol.